The van der Waals surface area contributed by atoms with Gasteiger partial charge in [0, 0.05) is 68.7 Å². The SMILES string of the molecule is Cn1nc(-c2cccc(F)c2)c2ccc(C(=O)N3CCC(c4nc5ccccc5n4CCN4CCOCC4)CC3)cc21. The first-order chi connectivity index (χ1) is 20.5. The van der Waals surface area contributed by atoms with Crippen molar-refractivity contribution < 1.29 is 13.9 Å². The normalized spacial score (nSPS) is 17.0. The van der Waals surface area contributed by atoms with Gasteiger partial charge in [0.05, 0.1) is 29.8 Å². The molecule has 4 heterocycles. The number of amides is 1. The molecule has 9 heteroatoms. The van der Waals surface area contributed by atoms with Crippen molar-refractivity contribution in [2.45, 2.75) is 25.3 Å². The van der Waals surface area contributed by atoms with Crippen molar-refractivity contribution in [3.63, 3.8) is 0 Å². The minimum atomic E-state index is -0.297. The van der Waals surface area contributed by atoms with Gasteiger partial charge in [0.15, 0.2) is 0 Å². The Kier molecular flexibility index (Phi) is 7.21. The number of fused-ring (bicyclic) bond motifs is 2. The zero-order chi connectivity index (χ0) is 28.6. The van der Waals surface area contributed by atoms with Gasteiger partial charge in [0.2, 0.25) is 0 Å². The minimum absolute atomic E-state index is 0.0321. The van der Waals surface area contributed by atoms with Crippen LogP contribution in [0.5, 0.6) is 0 Å². The average molecular weight is 567 g/mol. The Morgan fingerprint density at radius 2 is 1.74 bits per heavy atom. The monoisotopic (exact) mass is 566 g/mol. The molecule has 216 valence electrons. The van der Waals surface area contributed by atoms with Crippen molar-refractivity contribution in [1.82, 2.24) is 29.1 Å². The molecular weight excluding hydrogens is 531 g/mol. The van der Waals surface area contributed by atoms with E-state index in [1.165, 1.54) is 17.6 Å². The molecule has 2 aromatic heterocycles. The third kappa shape index (κ3) is 5.07. The highest BCUT2D eigenvalue weighted by Crippen LogP contribution is 2.32. The molecule has 1 amide bonds. The maximum absolute atomic E-state index is 13.9. The number of halogens is 1. The number of aryl methyl sites for hydroxylation is 1. The molecule has 0 unspecified atom stereocenters. The van der Waals surface area contributed by atoms with Gasteiger partial charge in [-0.25, -0.2) is 9.37 Å². The summed E-state index contributed by atoms with van der Waals surface area (Å²) >= 11 is 0. The Morgan fingerprint density at radius 1 is 0.929 bits per heavy atom. The fourth-order valence-corrected chi connectivity index (χ4v) is 6.47. The van der Waals surface area contributed by atoms with Gasteiger partial charge >= 0.3 is 0 Å². The standard InChI is InChI=1S/C33H35FN6O2/c1-37-30-22-25(9-10-27(30)31(36-37)24-5-4-6-26(34)21-24)33(41)39-13-11-23(12-14-39)32-35-28-7-2-3-8-29(28)40(32)16-15-38-17-19-42-20-18-38/h2-10,21-23H,11-20H2,1H3. The lowest BCUT2D eigenvalue weighted by Crippen LogP contribution is -2.39. The summed E-state index contributed by atoms with van der Waals surface area (Å²) in [6.45, 7) is 6.79. The zero-order valence-corrected chi connectivity index (χ0v) is 23.9. The van der Waals surface area contributed by atoms with Crippen molar-refractivity contribution in [3.05, 3.63) is 83.9 Å². The van der Waals surface area contributed by atoms with E-state index in [0.29, 0.717) is 30.3 Å². The zero-order valence-electron chi connectivity index (χ0n) is 23.9. The summed E-state index contributed by atoms with van der Waals surface area (Å²) in [5, 5.41) is 5.53. The maximum Gasteiger partial charge on any atom is 0.253 e. The van der Waals surface area contributed by atoms with Crippen LogP contribution in [-0.2, 0) is 18.3 Å². The van der Waals surface area contributed by atoms with Crippen LogP contribution in [0.15, 0.2) is 66.7 Å². The number of carbonyl (C=O) groups is 1. The number of nitrogens with zero attached hydrogens (tertiary/aromatic N) is 6. The number of piperidine rings is 1. The third-order valence-corrected chi connectivity index (χ3v) is 8.77. The van der Waals surface area contributed by atoms with Crippen LogP contribution >= 0.6 is 0 Å². The molecule has 2 saturated heterocycles. The predicted molar refractivity (Wildman–Crippen MR) is 161 cm³/mol. The van der Waals surface area contributed by atoms with Crippen LogP contribution in [0.1, 0.15) is 34.9 Å². The number of aromatic nitrogens is 4. The first-order valence-corrected chi connectivity index (χ1v) is 14.8. The molecule has 8 nitrogen and oxygen atoms in total. The van der Waals surface area contributed by atoms with Gasteiger partial charge in [-0.05, 0) is 55.3 Å². The lowest BCUT2D eigenvalue weighted by Gasteiger charge is -2.32. The summed E-state index contributed by atoms with van der Waals surface area (Å²) in [7, 11) is 1.86. The predicted octanol–water partition coefficient (Wildman–Crippen LogP) is 5.08. The molecular formula is C33H35FN6O2. The van der Waals surface area contributed by atoms with Crippen molar-refractivity contribution >= 4 is 27.8 Å². The number of imidazole rings is 1. The van der Waals surface area contributed by atoms with Gasteiger partial charge in [-0.15, -0.1) is 0 Å². The van der Waals surface area contributed by atoms with Crippen molar-refractivity contribution in [1.29, 1.82) is 0 Å². The molecule has 0 aliphatic carbocycles. The summed E-state index contributed by atoms with van der Waals surface area (Å²) in [5.41, 5.74) is 5.15. The molecule has 7 rings (SSSR count). The molecule has 2 fully saturated rings. The molecule has 0 radical (unpaired) electrons. The first-order valence-electron chi connectivity index (χ1n) is 14.8. The Balaban J connectivity index is 1.07. The van der Waals surface area contributed by atoms with E-state index in [2.05, 4.69) is 32.8 Å². The van der Waals surface area contributed by atoms with Crippen molar-refractivity contribution in [2.24, 2.45) is 7.05 Å². The van der Waals surface area contributed by atoms with Crippen LogP contribution in [0.2, 0.25) is 0 Å². The van der Waals surface area contributed by atoms with Gasteiger partial charge < -0.3 is 14.2 Å². The third-order valence-electron chi connectivity index (χ3n) is 8.77. The Bertz CT molecular complexity index is 1750. The fraction of sp³-hybridized carbons (Fsp3) is 0.364. The van der Waals surface area contributed by atoms with Gasteiger partial charge in [-0.1, -0.05) is 24.3 Å². The summed E-state index contributed by atoms with van der Waals surface area (Å²) in [4.78, 5) is 23.1. The van der Waals surface area contributed by atoms with E-state index in [-0.39, 0.29) is 11.7 Å². The van der Waals surface area contributed by atoms with E-state index in [9.17, 15) is 9.18 Å². The Hall–Kier alpha value is -4.08. The Morgan fingerprint density at radius 3 is 2.55 bits per heavy atom. The van der Waals surface area contributed by atoms with Crippen LogP contribution in [0.3, 0.4) is 0 Å². The fourth-order valence-electron chi connectivity index (χ4n) is 6.47. The summed E-state index contributed by atoms with van der Waals surface area (Å²) in [6.07, 6.45) is 1.76. The molecule has 3 aromatic carbocycles. The van der Waals surface area contributed by atoms with Gasteiger partial charge in [0.1, 0.15) is 17.3 Å². The number of ether oxygens (including phenoxy) is 1. The van der Waals surface area contributed by atoms with E-state index in [1.807, 2.05) is 42.3 Å². The number of para-hydroxylation sites is 2. The van der Waals surface area contributed by atoms with E-state index >= 15 is 0 Å². The quantitative estimate of drug-likeness (QED) is 0.287. The maximum atomic E-state index is 13.9. The van der Waals surface area contributed by atoms with Gasteiger partial charge in [0.25, 0.3) is 5.91 Å². The molecule has 42 heavy (non-hydrogen) atoms. The number of carbonyl (C=O) groups excluding carboxylic acids is 1. The molecule has 0 N–H and O–H groups in total. The van der Waals surface area contributed by atoms with Gasteiger partial charge in [-0.2, -0.15) is 5.10 Å². The largest absolute Gasteiger partial charge is 0.379 e. The lowest BCUT2D eigenvalue weighted by atomic mass is 9.95. The second-order valence-electron chi connectivity index (χ2n) is 11.3. The van der Waals surface area contributed by atoms with Crippen molar-refractivity contribution in [3.8, 4) is 11.3 Å². The second-order valence-corrected chi connectivity index (χ2v) is 11.3. The van der Waals surface area contributed by atoms with Crippen LogP contribution in [0, 0.1) is 5.82 Å². The summed E-state index contributed by atoms with van der Waals surface area (Å²) in [5.74, 6) is 1.18. The molecule has 0 saturated carbocycles. The highest BCUT2D eigenvalue weighted by Gasteiger charge is 2.29. The highest BCUT2D eigenvalue weighted by atomic mass is 19.1. The number of rotatable bonds is 6. The number of likely N-dealkylation sites (tertiary alicyclic amines) is 1. The second kappa shape index (κ2) is 11.3. The first kappa shape index (κ1) is 26.8. The van der Waals surface area contributed by atoms with Gasteiger partial charge in [-0.3, -0.25) is 14.4 Å². The summed E-state index contributed by atoms with van der Waals surface area (Å²) in [6, 6.07) is 20.5. The molecule has 2 aliphatic rings. The Labute approximate surface area is 244 Å². The van der Waals surface area contributed by atoms with Crippen LogP contribution < -0.4 is 0 Å². The molecule has 0 atom stereocenters. The number of hydrogen-bond acceptors (Lipinski definition) is 5. The lowest BCUT2D eigenvalue weighted by molar-refractivity contribution is 0.0363. The highest BCUT2D eigenvalue weighted by molar-refractivity contribution is 6.01. The topological polar surface area (TPSA) is 68.4 Å². The number of hydrogen-bond donors (Lipinski definition) is 0. The van der Waals surface area contributed by atoms with E-state index in [4.69, 9.17) is 9.72 Å². The van der Waals surface area contributed by atoms with Crippen LogP contribution in [-0.4, -0.2) is 81.0 Å². The van der Waals surface area contributed by atoms with E-state index in [1.54, 1.807) is 10.7 Å². The van der Waals surface area contributed by atoms with Crippen molar-refractivity contribution in [2.75, 3.05) is 45.9 Å². The van der Waals surface area contributed by atoms with E-state index in [0.717, 1.165) is 80.0 Å². The summed E-state index contributed by atoms with van der Waals surface area (Å²) < 4.78 is 23.6. The van der Waals surface area contributed by atoms with Crippen LogP contribution in [0.25, 0.3) is 33.2 Å². The molecule has 5 aromatic rings. The number of morpholine rings is 1. The molecule has 0 bridgehead atoms. The molecule has 2 aliphatic heterocycles. The van der Waals surface area contributed by atoms with Crippen LogP contribution in [0.4, 0.5) is 4.39 Å². The smallest absolute Gasteiger partial charge is 0.253 e. The molecule has 0 spiro atoms. The average Bonchev–Trinajstić information content (AvgIpc) is 3.57. The van der Waals surface area contributed by atoms with E-state index < -0.39 is 0 Å². The minimum Gasteiger partial charge on any atom is -0.379 e. The number of benzene rings is 3.